The summed E-state index contributed by atoms with van der Waals surface area (Å²) in [4.78, 5) is 27.0. The minimum Gasteiger partial charge on any atom is -0.508 e. The highest BCUT2D eigenvalue weighted by Crippen LogP contribution is 2.11. The van der Waals surface area contributed by atoms with Gasteiger partial charge in [0.25, 0.3) is 5.91 Å². The summed E-state index contributed by atoms with van der Waals surface area (Å²) in [5.41, 5.74) is 0.452. The number of amides is 2. The van der Waals surface area contributed by atoms with Gasteiger partial charge in [0.15, 0.2) is 0 Å². The molecular formula is C14H20N2O3. The molecule has 0 fully saturated rings. The lowest BCUT2D eigenvalue weighted by atomic mass is 10.2. The second-order valence-electron chi connectivity index (χ2n) is 4.27. The molecule has 1 N–H and O–H groups in total. The normalized spacial score (nSPS) is 10.1. The van der Waals surface area contributed by atoms with Gasteiger partial charge in [0.2, 0.25) is 5.91 Å². The largest absolute Gasteiger partial charge is 0.508 e. The first-order chi connectivity index (χ1) is 8.99. The minimum absolute atomic E-state index is 0.0569. The Morgan fingerprint density at radius 2 is 1.63 bits per heavy atom. The maximum Gasteiger partial charge on any atom is 0.254 e. The summed E-state index contributed by atoms with van der Waals surface area (Å²) < 4.78 is 0. The number of rotatable bonds is 5. The van der Waals surface area contributed by atoms with Crippen molar-refractivity contribution in [1.29, 1.82) is 0 Å². The molecule has 0 heterocycles. The Morgan fingerprint density at radius 1 is 1.11 bits per heavy atom. The summed E-state index contributed by atoms with van der Waals surface area (Å²) in [7, 11) is 1.59. The number of benzene rings is 1. The van der Waals surface area contributed by atoms with Crippen LogP contribution in [0, 0.1) is 0 Å². The minimum atomic E-state index is -0.236. The SMILES string of the molecule is CCN(CC)C(=O)CN(C)C(=O)c1ccc(O)cc1. The van der Waals surface area contributed by atoms with Crippen LogP contribution in [0.1, 0.15) is 24.2 Å². The van der Waals surface area contributed by atoms with E-state index in [1.165, 1.54) is 29.2 Å². The Bertz CT molecular complexity index is 439. The molecule has 5 nitrogen and oxygen atoms in total. The predicted octanol–water partition coefficient (Wildman–Crippen LogP) is 1.33. The Hall–Kier alpha value is -2.04. The Morgan fingerprint density at radius 3 is 2.11 bits per heavy atom. The molecule has 0 aliphatic rings. The van der Waals surface area contributed by atoms with Crippen LogP contribution in [0.5, 0.6) is 5.75 Å². The van der Waals surface area contributed by atoms with Crippen molar-refractivity contribution in [2.45, 2.75) is 13.8 Å². The molecule has 0 bridgehead atoms. The molecule has 0 saturated heterocycles. The lowest BCUT2D eigenvalue weighted by Gasteiger charge is -2.23. The van der Waals surface area contributed by atoms with Gasteiger partial charge in [-0.05, 0) is 38.1 Å². The molecular weight excluding hydrogens is 244 g/mol. The first-order valence-corrected chi connectivity index (χ1v) is 6.31. The molecule has 0 radical (unpaired) electrons. The molecule has 19 heavy (non-hydrogen) atoms. The Labute approximate surface area is 113 Å². The maximum atomic E-state index is 12.1. The van der Waals surface area contributed by atoms with Crippen LogP contribution in [0.25, 0.3) is 0 Å². The fourth-order valence-corrected chi connectivity index (χ4v) is 1.78. The first kappa shape index (κ1) is 15.0. The third kappa shape index (κ3) is 3.98. The Balaban J connectivity index is 2.67. The van der Waals surface area contributed by atoms with Gasteiger partial charge in [0.05, 0.1) is 6.54 Å². The van der Waals surface area contributed by atoms with Gasteiger partial charge in [0.1, 0.15) is 5.75 Å². The molecule has 0 aliphatic carbocycles. The van der Waals surface area contributed by atoms with Crippen molar-refractivity contribution < 1.29 is 14.7 Å². The second kappa shape index (κ2) is 6.78. The van der Waals surface area contributed by atoms with Crippen molar-refractivity contribution in [2.75, 3.05) is 26.7 Å². The number of carbonyl (C=O) groups excluding carboxylic acids is 2. The third-order valence-corrected chi connectivity index (χ3v) is 2.95. The molecule has 2 amide bonds. The summed E-state index contributed by atoms with van der Waals surface area (Å²) in [6.45, 7) is 5.14. The number of nitrogens with zero attached hydrogens (tertiary/aromatic N) is 2. The number of carbonyl (C=O) groups is 2. The van der Waals surface area contributed by atoms with Crippen LogP contribution in [-0.2, 0) is 4.79 Å². The molecule has 0 unspecified atom stereocenters. The highest BCUT2D eigenvalue weighted by atomic mass is 16.3. The molecule has 0 atom stereocenters. The monoisotopic (exact) mass is 264 g/mol. The van der Waals surface area contributed by atoms with Gasteiger partial charge in [0, 0.05) is 25.7 Å². The Kier molecular flexibility index (Phi) is 5.36. The van der Waals surface area contributed by atoms with E-state index < -0.39 is 0 Å². The van der Waals surface area contributed by atoms with E-state index in [-0.39, 0.29) is 24.1 Å². The number of phenolic OH excluding ortho intramolecular Hbond substituents is 1. The van der Waals surface area contributed by atoms with Crippen LogP contribution in [0.15, 0.2) is 24.3 Å². The van der Waals surface area contributed by atoms with E-state index in [1.807, 2.05) is 13.8 Å². The van der Waals surface area contributed by atoms with Gasteiger partial charge in [-0.25, -0.2) is 0 Å². The highest BCUT2D eigenvalue weighted by Gasteiger charge is 2.17. The number of hydrogen-bond acceptors (Lipinski definition) is 3. The van der Waals surface area contributed by atoms with Crippen molar-refractivity contribution in [1.82, 2.24) is 9.80 Å². The van der Waals surface area contributed by atoms with Crippen LogP contribution < -0.4 is 0 Å². The van der Waals surface area contributed by atoms with E-state index in [1.54, 1.807) is 11.9 Å². The summed E-state index contributed by atoms with van der Waals surface area (Å²) in [5.74, 6) is -0.196. The average Bonchev–Trinajstić information content (AvgIpc) is 2.40. The molecule has 5 heteroatoms. The lowest BCUT2D eigenvalue weighted by Crippen LogP contribution is -2.41. The zero-order valence-electron chi connectivity index (χ0n) is 11.6. The van der Waals surface area contributed by atoms with E-state index >= 15 is 0 Å². The van der Waals surface area contributed by atoms with Gasteiger partial charge in [-0.3, -0.25) is 9.59 Å². The van der Waals surface area contributed by atoms with Crippen molar-refractivity contribution >= 4 is 11.8 Å². The second-order valence-corrected chi connectivity index (χ2v) is 4.27. The number of phenols is 1. The molecule has 0 saturated carbocycles. The van der Waals surface area contributed by atoms with Crippen molar-refractivity contribution in [3.63, 3.8) is 0 Å². The van der Waals surface area contributed by atoms with E-state index in [2.05, 4.69) is 0 Å². The zero-order chi connectivity index (χ0) is 14.4. The smallest absolute Gasteiger partial charge is 0.254 e. The standard InChI is InChI=1S/C14H20N2O3/c1-4-16(5-2)13(18)10-15(3)14(19)11-6-8-12(17)9-7-11/h6-9,17H,4-5,10H2,1-3H3. The van der Waals surface area contributed by atoms with Gasteiger partial charge in [-0.15, -0.1) is 0 Å². The van der Waals surface area contributed by atoms with E-state index in [4.69, 9.17) is 0 Å². The summed E-state index contributed by atoms with van der Waals surface area (Å²) >= 11 is 0. The average molecular weight is 264 g/mol. The van der Waals surface area contributed by atoms with Gasteiger partial charge in [-0.2, -0.15) is 0 Å². The molecule has 0 aliphatic heterocycles. The number of likely N-dealkylation sites (N-methyl/N-ethyl adjacent to an activating group) is 2. The number of aromatic hydroxyl groups is 1. The molecule has 0 spiro atoms. The summed E-state index contributed by atoms with van der Waals surface area (Å²) in [6.07, 6.45) is 0. The fraction of sp³-hybridized carbons (Fsp3) is 0.429. The lowest BCUT2D eigenvalue weighted by molar-refractivity contribution is -0.131. The van der Waals surface area contributed by atoms with Crippen LogP contribution >= 0.6 is 0 Å². The van der Waals surface area contributed by atoms with Crippen LogP contribution in [0.3, 0.4) is 0 Å². The maximum absolute atomic E-state index is 12.1. The van der Waals surface area contributed by atoms with E-state index in [0.29, 0.717) is 18.7 Å². The van der Waals surface area contributed by atoms with Gasteiger partial charge < -0.3 is 14.9 Å². The fourth-order valence-electron chi connectivity index (χ4n) is 1.78. The first-order valence-electron chi connectivity index (χ1n) is 6.31. The molecule has 0 aromatic heterocycles. The van der Waals surface area contributed by atoms with E-state index in [0.717, 1.165) is 0 Å². The summed E-state index contributed by atoms with van der Waals surface area (Å²) in [5, 5.41) is 9.17. The number of hydrogen-bond donors (Lipinski definition) is 1. The van der Waals surface area contributed by atoms with E-state index in [9.17, 15) is 14.7 Å². The van der Waals surface area contributed by atoms with Crippen molar-refractivity contribution in [2.24, 2.45) is 0 Å². The topological polar surface area (TPSA) is 60.9 Å². The predicted molar refractivity (Wildman–Crippen MR) is 73.0 cm³/mol. The van der Waals surface area contributed by atoms with Gasteiger partial charge in [-0.1, -0.05) is 0 Å². The third-order valence-electron chi connectivity index (χ3n) is 2.95. The van der Waals surface area contributed by atoms with Crippen LogP contribution in [0.2, 0.25) is 0 Å². The molecule has 104 valence electrons. The van der Waals surface area contributed by atoms with Crippen molar-refractivity contribution in [3.05, 3.63) is 29.8 Å². The van der Waals surface area contributed by atoms with Crippen LogP contribution in [-0.4, -0.2) is 53.4 Å². The molecule has 1 rings (SSSR count). The highest BCUT2D eigenvalue weighted by molar-refractivity contribution is 5.96. The molecule has 1 aromatic carbocycles. The van der Waals surface area contributed by atoms with Crippen molar-refractivity contribution in [3.8, 4) is 5.75 Å². The quantitative estimate of drug-likeness (QED) is 0.873. The summed E-state index contributed by atoms with van der Waals surface area (Å²) in [6, 6.07) is 5.98. The molecule has 1 aromatic rings. The zero-order valence-corrected chi connectivity index (χ0v) is 11.6. The van der Waals surface area contributed by atoms with Gasteiger partial charge >= 0.3 is 0 Å². The van der Waals surface area contributed by atoms with Crippen LogP contribution in [0.4, 0.5) is 0 Å².